The zero-order chi connectivity index (χ0) is 13.2. The molecule has 1 aliphatic heterocycles. The highest BCUT2D eigenvalue weighted by Gasteiger charge is 2.22. The average Bonchev–Trinajstić information content (AvgIpc) is 2.77. The molecule has 94 valence electrons. The summed E-state index contributed by atoms with van der Waals surface area (Å²) in [5.41, 5.74) is 3.39. The Kier molecular flexibility index (Phi) is 2.80. The Labute approximate surface area is 111 Å². The third kappa shape index (κ3) is 1.99. The molecule has 1 aliphatic rings. The molecule has 3 heteroatoms. The van der Waals surface area contributed by atoms with E-state index in [0.717, 1.165) is 22.6 Å². The molecule has 0 saturated carbocycles. The lowest BCUT2D eigenvalue weighted by atomic mass is 10.1. The van der Waals surface area contributed by atoms with Crippen LogP contribution in [0.1, 0.15) is 21.5 Å². The van der Waals surface area contributed by atoms with Gasteiger partial charge in [0, 0.05) is 22.4 Å². The van der Waals surface area contributed by atoms with Crippen LogP contribution in [0.15, 0.2) is 48.5 Å². The minimum atomic E-state index is -0.0586. The molecule has 3 nitrogen and oxygen atoms in total. The lowest BCUT2D eigenvalue weighted by Gasteiger charge is -2.05. The minimum absolute atomic E-state index is 0.0586. The van der Waals surface area contributed by atoms with Crippen molar-refractivity contribution in [2.75, 3.05) is 7.11 Å². The molecule has 0 saturated heterocycles. The zero-order valence-corrected chi connectivity index (χ0v) is 10.5. The summed E-state index contributed by atoms with van der Waals surface area (Å²) in [6, 6.07) is 15.3. The standard InChI is InChI=1S/C16H13NO2/c1-19-15-9-5-2-6-11(15)10-14-12-7-3-4-8-13(12)16(18)17-14/h2-10H,1H3,(H,17,18)/b14-10-. The second kappa shape index (κ2) is 4.61. The molecule has 2 aromatic rings. The molecular formula is C16H13NO2. The third-order valence-corrected chi connectivity index (χ3v) is 3.15. The van der Waals surface area contributed by atoms with Crippen LogP contribution in [-0.2, 0) is 0 Å². The van der Waals surface area contributed by atoms with Crippen molar-refractivity contribution in [2.24, 2.45) is 0 Å². The van der Waals surface area contributed by atoms with E-state index in [1.807, 2.05) is 54.6 Å². The van der Waals surface area contributed by atoms with Crippen molar-refractivity contribution in [2.45, 2.75) is 0 Å². The van der Waals surface area contributed by atoms with Gasteiger partial charge < -0.3 is 10.1 Å². The number of benzene rings is 2. The van der Waals surface area contributed by atoms with Gasteiger partial charge in [-0.3, -0.25) is 4.79 Å². The van der Waals surface area contributed by atoms with Crippen LogP contribution in [0.25, 0.3) is 11.8 Å². The Morgan fingerprint density at radius 2 is 1.68 bits per heavy atom. The Balaban J connectivity index is 2.09. The van der Waals surface area contributed by atoms with Crippen LogP contribution in [0.3, 0.4) is 0 Å². The molecular weight excluding hydrogens is 238 g/mol. The number of ether oxygens (including phenoxy) is 1. The average molecular weight is 251 g/mol. The van der Waals surface area contributed by atoms with Crippen molar-refractivity contribution in [1.82, 2.24) is 5.32 Å². The van der Waals surface area contributed by atoms with Crippen LogP contribution in [0, 0.1) is 0 Å². The number of hydrogen-bond acceptors (Lipinski definition) is 2. The molecule has 0 bridgehead atoms. The lowest BCUT2D eigenvalue weighted by Crippen LogP contribution is -2.11. The highest BCUT2D eigenvalue weighted by atomic mass is 16.5. The van der Waals surface area contributed by atoms with Gasteiger partial charge in [-0.2, -0.15) is 0 Å². The number of rotatable bonds is 2. The maximum atomic E-state index is 11.8. The SMILES string of the molecule is COc1ccccc1/C=C1\NC(=O)c2ccccc21. The van der Waals surface area contributed by atoms with E-state index in [9.17, 15) is 4.79 Å². The molecule has 1 heterocycles. The first-order valence-electron chi connectivity index (χ1n) is 6.05. The van der Waals surface area contributed by atoms with Gasteiger partial charge in [0.15, 0.2) is 0 Å². The van der Waals surface area contributed by atoms with Crippen molar-refractivity contribution < 1.29 is 9.53 Å². The molecule has 0 fully saturated rings. The predicted octanol–water partition coefficient (Wildman–Crippen LogP) is 2.94. The number of carbonyl (C=O) groups is 1. The van der Waals surface area contributed by atoms with E-state index >= 15 is 0 Å². The largest absolute Gasteiger partial charge is 0.496 e. The summed E-state index contributed by atoms with van der Waals surface area (Å²) in [5, 5.41) is 2.89. The van der Waals surface area contributed by atoms with E-state index in [1.54, 1.807) is 7.11 Å². The fourth-order valence-corrected chi connectivity index (χ4v) is 2.23. The smallest absolute Gasteiger partial charge is 0.256 e. The third-order valence-electron chi connectivity index (χ3n) is 3.15. The van der Waals surface area contributed by atoms with E-state index < -0.39 is 0 Å². The van der Waals surface area contributed by atoms with Crippen molar-refractivity contribution >= 4 is 17.7 Å². The summed E-state index contributed by atoms with van der Waals surface area (Å²) in [7, 11) is 1.64. The van der Waals surface area contributed by atoms with Gasteiger partial charge in [0.05, 0.1) is 7.11 Å². The first-order chi connectivity index (χ1) is 9.29. The topological polar surface area (TPSA) is 38.3 Å². The molecule has 0 aromatic heterocycles. The molecule has 1 amide bonds. The molecule has 2 aromatic carbocycles. The normalized spacial score (nSPS) is 15.2. The summed E-state index contributed by atoms with van der Waals surface area (Å²) in [6.45, 7) is 0. The van der Waals surface area contributed by atoms with Crippen LogP contribution in [0.2, 0.25) is 0 Å². The van der Waals surface area contributed by atoms with E-state index in [1.165, 1.54) is 0 Å². The molecule has 0 atom stereocenters. The van der Waals surface area contributed by atoms with Gasteiger partial charge in [-0.15, -0.1) is 0 Å². The first-order valence-corrected chi connectivity index (χ1v) is 6.05. The summed E-state index contributed by atoms with van der Waals surface area (Å²) in [6.07, 6.45) is 1.93. The second-order valence-corrected chi connectivity index (χ2v) is 4.30. The highest BCUT2D eigenvalue weighted by molar-refractivity contribution is 6.11. The molecule has 0 unspecified atom stereocenters. The maximum absolute atomic E-state index is 11.8. The predicted molar refractivity (Wildman–Crippen MR) is 74.8 cm³/mol. The number of para-hydroxylation sites is 1. The summed E-state index contributed by atoms with van der Waals surface area (Å²) in [5.74, 6) is 0.727. The van der Waals surface area contributed by atoms with Gasteiger partial charge in [-0.05, 0) is 18.2 Å². The van der Waals surface area contributed by atoms with Crippen LogP contribution < -0.4 is 10.1 Å². The quantitative estimate of drug-likeness (QED) is 0.891. The fourth-order valence-electron chi connectivity index (χ4n) is 2.23. The van der Waals surface area contributed by atoms with E-state index in [4.69, 9.17) is 4.74 Å². The number of methoxy groups -OCH3 is 1. The van der Waals surface area contributed by atoms with E-state index in [-0.39, 0.29) is 5.91 Å². The fraction of sp³-hybridized carbons (Fsp3) is 0.0625. The van der Waals surface area contributed by atoms with Crippen molar-refractivity contribution in [3.8, 4) is 5.75 Å². The van der Waals surface area contributed by atoms with Gasteiger partial charge in [0.2, 0.25) is 0 Å². The second-order valence-electron chi connectivity index (χ2n) is 4.30. The molecule has 1 N–H and O–H groups in total. The zero-order valence-electron chi connectivity index (χ0n) is 10.5. The molecule has 3 rings (SSSR count). The first kappa shape index (κ1) is 11.5. The van der Waals surface area contributed by atoms with E-state index in [0.29, 0.717) is 5.56 Å². The maximum Gasteiger partial charge on any atom is 0.256 e. The molecule has 0 radical (unpaired) electrons. The molecule has 19 heavy (non-hydrogen) atoms. The Bertz CT molecular complexity index is 674. The van der Waals surface area contributed by atoms with Gasteiger partial charge in [-0.1, -0.05) is 36.4 Å². The summed E-state index contributed by atoms with van der Waals surface area (Å²) in [4.78, 5) is 11.8. The number of fused-ring (bicyclic) bond motifs is 1. The number of carbonyl (C=O) groups excluding carboxylic acids is 1. The van der Waals surface area contributed by atoms with Crippen LogP contribution in [0.5, 0.6) is 5.75 Å². The van der Waals surface area contributed by atoms with Crippen molar-refractivity contribution in [1.29, 1.82) is 0 Å². The monoisotopic (exact) mass is 251 g/mol. The van der Waals surface area contributed by atoms with Crippen molar-refractivity contribution in [3.05, 3.63) is 65.2 Å². The summed E-state index contributed by atoms with van der Waals surface area (Å²) >= 11 is 0. The van der Waals surface area contributed by atoms with Gasteiger partial charge >= 0.3 is 0 Å². The van der Waals surface area contributed by atoms with Crippen LogP contribution >= 0.6 is 0 Å². The number of hydrogen-bond donors (Lipinski definition) is 1. The molecule has 0 spiro atoms. The Morgan fingerprint density at radius 1 is 1.00 bits per heavy atom. The van der Waals surface area contributed by atoms with Gasteiger partial charge in [-0.25, -0.2) is 0 Å². The van der Waals surface area contributed by atoms with Crippen molar-refractivity contribution in [3.63, 3.8) is 0 Å². The van der Waals surface area contributed by atoms with E-state index in [2.05, 4.69) is 5.32 Å². The highest BCUT2D eigenvalue weighted by Crippen LogP contribution is 2.28. The molecule has 0 aliphatic carbocycles. The van der Waals surface area contributed by atoms with Crippen LogP contribution in [0.4, 0.5) is 0 Å². The van der Waals surface area contributed by atoms with Gasteiger partial charge in [0.25, 0.3) is 5.91 Å². The minimum Gasteiger partial charge on any atom is -0.496 e. The van der Waals surface area contributed by atoms with Gasteiger partial charge in [0.1, 0.15) is 5.75 Å². The lowest BCUT2D eigenvalue weighted by molar-refractivity contribution is 0.0981. The number of nitrogens with one attached hydrogen (secondary N) is 1. The Morgan fingerprint density at radius 3 is 2.47 bits per heavy atom. The Hall–Kier alpha value is -2.55. The number of amides is 1. The van der Waals surface area contributed by atoms with Crippen LogP contribution in [-0.4, -0.2) is 13.0 Å². The summed E-state index contributed by atoms with van der Waals surface area (Å²) < 4.78 is 5.31.